The smallest absolute Gasteiger partial charge is 0.308 e. The summed E-state index contributed by atoms with van der Waals surface area (Å²) in [5.74, 6) is 0.265. The minimum absolute atomic E-state index is 0.151. The Labute approximate surface area is 114 Å². The van der Waals surface area contributed by atoms with Crippen molar-refractivity contribution in [2.24, 2.45) is 17.8 Å². The monoisotopic (exact) mass is 267 g/mol. The Morgan fingerprint density at radius 3 is 2.79 bits per heavy atom. The first kappa shape index (κ1) is 13.4. The van der Waals surface area contributed by atoms with Gasteiger partial charge in [0.25, 0.3) is 0 Å². The molecule has 1 heterocycles. The third kappa shape index (κ3) is 2.52. The molecule has 6 unspecified atom stereocenters. The lowest BCUT2D eigenvalue weighted by Gasteiger charge is -2.36. The van der Waals surface area contributed by atoms with Gasteiger partial charge in [0, 0.05) is 18.7 Å². The van der Waals surface area contributed by atoms with Crippen LogP contribution in [0.15, 0.2) is 0 Å². The lowest BCUT2D eigenvalue weighted by Crippen LogP contribution is -2.51. The second kappa shape index (κ2) is 5.41. The summed E-state index contributed by atoms with van der Waals surface area (Å²) in [5.41, 5.74) is 0. The van der Waals surface area contributed by atoms with Crippen molar-refractivity contribution >= 4 is 5.97 Å². The minimum Gasteiger partial charge on any atom is -0.481 e. The van der Waals surface area contributed by atoms with Gasteiger partial charge in [-0.3, -0.25) is 4.79 Å². The summed E-state index contributed by atoms with van der Waals surface area (Å²) in [6.45, 7) is 2.97. The number of nitrogens with one attached hydrogen (secondary N) is 1. The number of hydrogen-bond acceptors (Lipinski definition) is 3. The molecule has 1 saturated heterocycles. The number of ether oxygens (including phenoxy) is 1. The number of aliphatic carboxylic acids is 1. The Morgan fingerprint density at radius 2 is 2.05 bits per heavy atom. The Kier molecular flexibility index (Phi) is 3.81. The molecule has 2 saturated carbocycles. The van der Waals surface area contributed by atoms with Gasteiger partial charge in [0.05, 0.1) is 12.0 Å². The minimum atomic E-state index is -0.594. The molecule has 2 bridgehead atoms. The fraction of sp³-hybridized carbons (Fsp3) is 0.933. The van der Waals surface area contributed by atoms with Crippen LogP contribution < -0.4 is 5.32 Å². The molecule has 4 heteroatoms. The second-order valence-electron chi connectivity index (χ2n) is 6.51. The lowest BCUT2D eigenvalue weighted by atomic mass is 9.83. The van der Waals surface area contributed by atoms with E-state index in [0.717, 1.165) is 38.7 Å². The number of carboxylic acid groups (broad SMARTS) is 1. The first-order valence-corrected chi connectivity index (χ1v) is 7.79. The van der Waals surface area contributed by atoms with Crippen LogP contribution in [-0.4, -0.2) is 35.9 Å². The summed E-state index contributed by atoms with van der Waals surface area (Å²) < 4.78 is 5.70. The highest BCUT2D eigenvalue weighted by Gasteiger charge is 2.51. The van der Waals surface area contributed by atoms with E-state index in [0.29, 0.717) is 24.0 Å². The molecule has 4 nitrogen and oxygen atoms in total. The number of carboxylic acids is 1. The first-order valence-electron chi connectivity index (χ1n) is 7.79. The highest BCUT2D eigenvalue weighted by Crippen LogP contribution is 2.48. The molecular formula is C15H25NO3. The Morgan fingerprint density at radius 1 is 1.26 bits per heavy atom. The van der Waals surface area contributed by atoms with Crippen LogP contribution in [0.4, 0.5) is 0 Å². The molecule has 0 amide bonds. The number of hydrogen-bond donors (Lipinski definition) is 2. The van der Waals surface area contributed by atoms with Crippen LogP contribution in [0, 0.1) is 17.8 Å². The molecule has 108 valence electrons. The molecule has 0 spiro atoms. The summed E-state index contributed by atoms with van der Waals surface area (Å²) >= 11 is 0. The maximum absolute atomic E-state index is 11.5. The van der Waals surface area contributed by atoms with Crippen molar-refractivity contribution in [1.82, 2.24) is 5.32 Å². The summed E-state index contributed by atoms with van der Waals surface area (Å²) in [6.07, 6.45) is 6.92. The molecule has 1 aliphatic heterocycles. The van der Waals surface area contributed by atoms with Gasteiger partial charge in [0.2, 0.25) is 0 Å². The van der Waals surface area contributed by atoms with Crippen LogP contribution in [0.25, 0.3) is 0 Å². The average molecular weight is 267 g/mol. The predicted molar refractivity (Wildman–Crippen MR) is 71.9 cm³/mol. The van der Waals surface area contributed by atoms with Crippen LogP contribution in [0.5, 0.6) is 0 Å². The van der Waals surface area contributed by atoms with Gasteiger partial charge >= 0.3 is 5.97 Å². The molecular weight excluding hydrogens is 242 g/mol. The summed E-state index contributed by atoms with van der Waals surface area (Å²) in [4.78, 5) is 11.5. The number of carbonyl (C=O) groups is 1. The molecule has 3 aliphatic rings. The van der Waals surface area contributed by atoms with Crippen molar-refractivity contribution < 1.29 is 14.6 Å². The van der Waals surface area contributed by atoms with Crippen molar-refractivity contribution in [3.05, 3.63) is 0 Å². The van der Waals surface area contributed by atoms with Crippen LogP contribution in [0.1, 0.15) is 45.4 Å². The van der Waals surface area contributed by atoms with Crippen molar-refractivity contribution in [3.63, 3.8) is 0 Å². The first-order chi connectivity index (χ1) is 9.19. The molecule has 0 aromatic carbocycles. The highest BCUT2D eigenvalue weighted by atomic mass is 16.5. The maximum Gasteiger partial charge on any atom is 0.308 e. The van der Waals surface area contributed by atoms with Crippen molar-refractivity contribution in [3.8, 4) is 0 Å². The Bertz CT molecular complexity index is 346. The summed E-state index contributed by atoms with van der Waals surface area (Å²) in [6, 6.07) is 0.654. The van der Waals surface area contributed by atoms with Gasteiger partial charge in [-0.25, -0.2) is 0 Å². The van der Waals surface area contributed by atoms with Gasteiger partial charge in [-0.2, -0.15) is 0 Å². The van der Waals surface area contributed by atoms with Crippen molar-refractivity contribution in [1.29, 1.82) is 0 Å². The van der Waals surface area contributed by atoms with Gasteiger partial charge < -0.3 is 15.2 Å². The molecule has 2 N–H and O–H groups in total. The molecule has 6 atom stereocenters. The zero-order valence-corrected chi connectivity index (χ0v) is 11.7. The Hall–Kier alpha value is -0.610. The van der Waals surface area contributed by atoms with E-state index in [9.17, 15) is 9.90 Å². The number of fused-ring (bicyclic) bond motifs is 2. The van der Waals surface area contributed by atoms with E-state index in [1.54, 1.807) is 0 Å². The zero-order valence-electron chi connectivity index (χ0n) is 11.7. The van der Waals surface area contributed by atoms with E-state index >= 15 is 0 Å². The van der Waals surface area contributed by atoms with Gasteiger partial charge in [-0.1, -0.05) is 6.92 Å². The predicted octanol–water partition coefficient (Wildman–Crippen LogP) is 2.03. The largest absolute Gasteiger partial charge is 0.481 e. The third-order valence-electron chi connectivity index (χ3n) is 5.45. The lowest BCUT2D eigenvalue weighted by molar-refractivity contribution is -0.144. The zero-order chi connectivity index (χ0) is 13.4. The topological polar surface area (TPSA) is 58.6 Å². The molecule has 3 fully saturated rings. The van der Waals surface area contributed by atoms with E-state index in [1.807, 2.05) is 0 Å². The maximum atomic E-state index is 11.5. The van der Waals surface area contributed by atoms with Crippen LogP contribution >= 0.6 is 0 Å². The van der Waals surface area contributed by atoms with Crippen LogP contribution in [0.2, 0.25) is 0 Å². The van der Waals surface area contributed by atoms with Crippen molar-refractivity contribution in [2.45, 2.75) is 63.6 Å². The van der Waals surface area contributed by atoms with E-state index in [1.165, 1.54) is 6.42 Å². The van der Waals surface area contributed by atoms with E-state index in [-0.39, 0.29) is 12.0 Å². The summed E-state index contributed by atoms with van der Waals surface area (Å²) in [7, 11) is 0. The van der Waals surface area contributed by atoms with Gasteiger partial charge in [0.15, 0.2) is 0 Å². The van der Waals surface area contributed by atoms with Crippen molar-refractivity contribution in [2.75, 3.05) is 6.61 Å². The molecule has 0 aromatic heterocycles. The standard InChI is InChI=1S/C15H25NO3/c1-2-12-8-11(5-6-19-12)16-14-10-4-3-9(7-10)13(14)15(17)18/h9-14,16H,2-8H2,1H3,(H,17,18). The molecule has 19 heavy (non-hydrogen) atoms. The average Bonchev–Trinajstić information content (AvgIpc) is 2.99. The Balaban J connectivity index is 1.63. The van der Waals surface area contributed by atoms with Crippen LogP contribution in [-0.2, 0) is 9.53 Å². The molecule has 2 aliphatic carbocycles. The highest BCUT2D eigenvalue weighted by molar-refractivity contribution is 5.72. The fourth-order valence-corrected chi connectivity index (χ4v) is 4.47. The van der Waals surface area contributed by atoms with Gasteiger partial charge in [0.1, 0.15) is 0 Å². The van der Waals surface area contributed by atoms with E-state index in [2.05, 4.69) is 12.2 Å². The SMILES string of the molecule is CCC1CC(NC2C3CCC(C3)C2C(=O)O)CCO1. The van der Waals surface area contributed by atoms with Gasteiger partial charge in [-0.15, -0.1) is 0 Å². The van der Waals surface area contributed by atoms with E-state index < -0.39 is 5.97 Å². The van der Waals surface area contributed by atoms with E-state index in [4.69, 9.17) is 4.74 Å². The fourth-order valence-electron chi connectivity index (χ4n) is 4.47. The second-order valence-corrected chi connectivity index (χ2v) is 6.51. The van der Waals surface area contributed by atoms with Gasteiger partial charge in [-0.05, 0) is 50.4 Å². The summed E-state index contributed by atoms with van der Waals surface area (Å²) in [5, 5.41) is 13.2. The number of rotatable bonds is 4. The molecule has 3 rings (SSSR count). The van der Waals surface area contributed by atoms with Crippen LogP contribution in [0.3, 0.4) is 0 Å². The third-order valence-corrected chi connectivity index (χ3v) is 5.45. The quantitative estimate of drug-likeness (QED) is 0.818. The normalized spacial score (nSPS) is 45.5. The molecule has 0 aromatic rings. The molecule has 0 radical (unpaired) electrons.